The summed E-state index contributed by atoms with van der Waals surface area (Å²) in [4.78, 5) is 15.5. The molecule has 2 aromatic rings. The molecule has 2 aliphatic rings. The second-order valence-electron chi connectivity index (χ2n) is 8.85. The normalized spacial score (nSPS) is 17.1. The zero-order valence-electron chi connectivity index (χ0n) is 20.2. The highest BCUT2D eigenvalue weighted by Crippen LogP contribution is 2.33. The maximum Gasteiger partial charge on any atom is 0.573 e. The first-order valence-corrected chi connectivity index (χ1v) is 11.7. The highest BCUT2D eigenvalue weighted by molar-refractivity contribution is 5.60. The summed E-state index contributed by atoms with van der Waals surface area (Å²) in [7, 11) is 0. The number of nitro benzene ring substituents is 1. The first kappa shape index (κ1) is 26.2. The fraction of sp³-hybridized carbons (Fsp3) is 0.417. The fourth-order valence-electron chi connectivity index (χ4n) is 4.03. The van der Waals surface area contributed by atoms with Crippen molar-refractivity contribution >= 4 is 11.4 Å². The van der Waals surface area contributed by atoms with Crippen molar-refractivity contribution in [1.29, 1.82) is 0 Å². The van der Waals surface area contributed by atoms with Crippen LogP contribution in [0.2, 0.25) is 0 Å². The van der Waals surface area contributed by atoms with Crippen LogP contribution in [0.4, 0.5) is 24.5 Å². The van der Waals surface area contributed by atoms with Gasteiger partial charge in [0.1, 0.15) is 30.4 Å². The van der Waals surface area contributed by atoms with Crippen LogP contribution in [-0.2, 0) is 0 Å². The summed E-state index contributed by atoms with van der Waals surface area (Å²) < 4.78 is 52.0. The molecular formula is C24H28F3N5O5. The molecular weight excluding hydrogens is 495 g/mol. The molecule has 10 nitrogen and oxygen atoms in total. The van der Waals surface area contributed by atoms with Crippen LogP contribution in [0.5, 0.6) is 17.2 Å². The summed E-state index contributed by atoms with van der Waals surface area (Å²) in [5.74, 6) is 0.358. The van der Waals surface area contributed by atoms with E-state index >= 15 is 0 Å². The summed E-state index contributed by atoms with van der Waals surface area (Å²) in [6.07, 6.45) is -1.23. The minimum Gasteiger partial charge on any atom is -0.492 e. The van der Waals surface area contributed by atoms with Crippen LogP contribution in [0.1, 0.15) is 6.92 Å². The van der Waals surface area contributed by atoms with E-state index in [4.69, 9.17) is 9.47 Å². The molecule has 37 heavy (non-hydrogen) atoms. The van der Waals surface area contributed by atoms with Crippen LogP contribution in [-0.4, -0.2) is 67.8 Å². The highest BCUT2D eigenvalue weighted by atomic mass is 19.4. The topological polar surface area (TPSA) is 101 Å². The van der Waals surface area contributed by atoms with Gasteiger partial charge in [-0.3, -0.25) is 15.0 Å². The van der Waals surface area contributed by atoms with Crippen LogP contribution >= 0.6 is 0 Å². The van der Waals surface area contributed by atoms with Crippen molar-refractivity contribution in [2.75, 3.05) is 50.8 Å². The molecule has 0 aliphatic carbocycles. The molecule has 13 heteroatoms. The summed E-state index contributed by atoms with van der Waals surface area (Å²) in [5.41, 5.74) is 0.132. The van der Waals surface area contributed by atoms with E-state index in [-0.39, 0.29) is 23.8 Å². The van der Waals surface area contributed by atoms with Crippen molar-refractivity contribution in [2.45, 2.75) is 18.9 Å². The first-order valence-electron chi connectivity index (χ1n) is 11.7. The predicted molar refractivity (Wildman–Crippen MR) is 130 cm³/mol. The second-order valence-corrected chi connectivity index (χ2v) is 8.85. The third kappa shape index (κ3) is 7.32. The van der Waals surface area contributed by atoms with Gasteiger partial charge in [0.05, 0.1) is 4.92 Å². The highest BCUT2D eigenvalue weighted by Gasteiger charge is 2.31. The Morgan fingerprint density at radius 3 is 2.27 bits per heavy atom. The minimum atomic E-state index is -4.73. The molecule has 2 aromatic carbocycles. The van der Waals surface area contributed by atoms with Crippen LogP contribution in [0.3, 0.4) is 0 Å². The number of anilines is 1. The van der Waals surface area contributed by atoms with Gasteiger partial charge in [-0.1, -0.05) is 0 Å². The van der Waals surface area contributed by atoms with E-state index in [1.807, 2.05) is 13.0 Å². The molecule has 0 saturated carbocycles. The van der Waals surface area contributed by atoms with Gasteiger partial charge in [-0.25, -0.2) is 0 Å². The number of alkyl halides is 3. The van der Waals surface area contributed by atoms with Crippen molar-refractivity contribution in [1.82, 2.24) is 15.5 Å². The lowest BCUT2D eigenvalue weighted by atomic mass is 10.2. The number of nitro groups is 1. The molecule has 0 amide bonds. The Bertz CT molecular complexity index is 1100. The molecule has 200 valence electrons. The van der Waals surface area contributed by atoms with Gasteiger partial charge >= 0.3 is 12.0 Å². The van der Waals surface area contributed by atoms with E-state index in [0.717, 1.165) is 18.8 Å². The lowest BCUT2D eigenvalue weighted by molar-refractivity contribution is -0.385. The molecule has 2 N–H and O–H groups in total. The third-order valence-corrected chi connectivity index (χ3v) is 6.01. The van der Waals surface area contributed by atoms with Gasteiger partial charge in [0.15, 0.2) is 5.75 Å². The number of ether oxygens (including phenoxy) is 3. The van der Waals surface area contributed by atoms with E-state index in [0.29, 0.717) is 32.0 Å². The number of rotatable bonds is 10. The lowest BCUT2D eigenvalue weighted by Crippen LogP contribution is -2.50. The fourth-order valence-corrected chi connectivity index (χ4v) is 4.03. The second kappa shape index (κ2) is 11.0. The number of halogens is 3. The van der Waals surface area contributed by atoms with E-state index in [1.54, 1.807) is 18.5 Å². The van der Waals surface area contributed by atoms with Gasteiger partial charge in [-0.2, -0.15) is 0 Å². The average Bonchev–Trinajstić information content (AvgIpc) is 3.30. The summed E-state index contributed by atoms with van der Waals surface area (Å²) in [6, 6.07) is 10.3. The van der Waals surface area contributed by atoms with Crippen molar-refractivity contribution in [3.63, 3.8) is 0 Å². The van der Waals surface area contributed by atoms with Crippen molar-refractivity contribution in [2.24, 2.45) is 0 Å². The number of nitrogens with one attached hydrogen (secondary N) is 2. The Morgan fingerprint density at radius 1 is 1.00 bits per heavy atom. The molecule has 0 bridgehead atoms. The standard InChI is InChI=1S/C24H28F3N5O5/c1-23(28-8-9-29-23)17-36-22-7-2-18(16-21(22)32(33)34)31-12-10-30(11-13-31)14-15-35-19-3-5-20(6-4-19)37-24(25,26)27/h2-9,16,28-29H,10-15,17H2,1H3. The van der Waals surface area contributed by atoms with Crippen LogP contribution in [0.15, 0.2) is 54.9 Å². The predicted octanol–water partition coefficient (Wildman–Crippen LogP) is 3.45. The number of hydrogen-bond donors (Lipinski definition) is 2. The number of piperazine rings is 1. The largest absolute Gasteiger partial charge is 0.573 e. The third-order valence-electron chi connectivity index (χ3n) is 6.01. The zero-order valence-corrected chi connectivity index (χ0v) is 20.2. The van der Waals surface area contributed by atoms with E-state index < -0.39 is 16.9 Å². The van der Waals surface area contributed by atoms with Gasteiger partial charge in [0.2, 0.25) is 0 Å². The first-order chi connectivity index (χ1) is 17.6. The lowest BCUT2D eigenvalue weighted by Gasteiger charge is -2.36. The van der Waals surface area contributed by atoms with Crippen molar-refractivity contribution < 1.29 is 32.3 Å². The molecule has 4 rings (SSSR count). The van der Waals surface area contributed by atoms with E-state index in [2.05, 4.69) is 25.2 Å². The zero-order chi connectivity index (χ0) is 26.5. The number of nitrogens with zero attached hydrogens (tertiary/aromatic N) is 3. The van der Waals surface area contributed by atoms with Crippen LogP contribution in [0.25, 0.3) is 0 Å². The minimum absolute atomic E-state index is 0.0884. The van der Waals surface area contributed by atoms with Crippen molar-refractivity contribution in [3.05, 3.63) is 65.0 Å². The molecule has 2 aliphatic heterocycles. The van der Waals surface area contributed by atoms with E-state index in [9.17, 15) is 23.3 Å². The van der Waals surface area contributed by atoms with Gasteiger partial charge in [0.25, 0.3) is 0 Å². The number of benzene rings is 2. The maximum atomic E-state index is 12.3. The quantitative estimate of drug-likeness (QED) is 0.358. The Balaban J connectivity index is 1.24. The van der Waals surface area contributed by atoms with Gasteiger partial charge < -0.3 is 29.7 Å². The molecule has 2 heterocycles. The Hall–Kier alpha value is -3.87. The average molecular weight is 524 g/mol. The monoisotopic (exact) mass is 523 g/mol. The molecule has 0 atom stereocenters. The Kier molecular flexibility index (Phi) is 7.81. The molecule has 0 radical (unpaired) electrons. The maximum absolute atomic E-state index is 12.3. The Morgan fingerprint density at radius 2 is 1.65 bits per heavy atom. The van der Waals surface area contributed by atoms with Gasteiger partial charge in [-0.05, 0) is 43.3 Å². The SMILES string of the molecule is CC1(COc2ccc(N3CCN(CCOc4ccc(OC(F)(F)F)cc4)CC3)cc2[N+](=O)[O-])NC=CN1. The summed E-state index contributed by atoms with van der Waals surface area (Å²) in [6.45, 7) is 5.92. The summed E-state index contributed by atoms with van der Waals surface area (Å²) >= 11 is 0. The molecule has 0 unspecified atom stereocenters. The molecule has 1 fully saturated rings. The van der Waals surface area contributed by atoms with Gasteiger partial charge in [0, 0.05) is 56.9 Å². The van der Waals surface area contributed by atoms with Crippen LogP contribution in [0, 0.1) is 10.1 Å². The summed E-state index contributed by atoms with van der Waals surface area (Å²) in [5, 5.41) is 17.9. The number of hydrogen-bond acceptors (Lipinski definition) is 9. The smallest absolute Gasteiger partial charge is 0.492 e. The van der Waals surface area contributed by atoms with E-state index in [1.165, 1.54) is 30.3 Å². The molecule has 1 saturated heterocycles. The van der Waals surface area contributed by atoms with Crippen LogP contribution < -0.4 is 29.7 Å². The Labute approximate surface area is 211 Å². The van der Waals surface area contributed by atoms with Crippen molar-refractivity contribution in [3.8, 4) is 17.2 Å². The molecule has 0 aromatic heterocycles. The molecule has 0 spiro atoms. The van der Waals surface area contributed by atoms with Gasteiger partial charge in [-0.15, -0.1) is 13.2 Å².